The standard InChI is InChI=1S/C17H20N2O3/c1-21-16-8-4-14(5-9-16)3-2-12-22-17-10-6-15(7-11-17)18-13-19-20/h4-11,13,20H,2-3,12H2,1H3,(H,18,19). The lowest BCUT2D eigenvalue weighted by molar-refractivity contribution is 0.240. The molecule has 0 saturated heterocycles. The molecule has 0 saturated carbocycles. The van der Waals surface area contributed by atoms with Gasteiger partial charge in [0.2, 0.25) is 0 Å². The SMILES string of the molecule is COc1ccc(CCCOc2ccc(N=CNO)cc2)cc1. The maximum atomic E-state index is 8.42. The van der Waals surface area contributed by atoms with Gasteiger partial charge in [-0.3, -0.25) is 10.7 Å². The first-order valence-corrected chi connectivity index (χ1v) is 7.10. The van der Waals surface area contributed by atoms with E-state index in [0.717, 1.165) is 30.0 Å². The number of nitrogens with one attached hydrogen (secondary N) is 1. The van der Waals surface area contributed by atoms with Gasteiger partial charge >= 0.3 is 0 Å². The van der Waals surface area contributed by atoms with E-state index in [9.17, 15) is 0 Å². The lowest BCUT2D eigenvalue weighted by Crippen LogP contribution is -2.01. The van der Waals surface area contributed by atoms with E-state index in [0.29, 0.717) is 6.61 Å². The maximum Gasteiger partial charge on any atom is 0.119 e. The van der Waals surface area contributed by atoms with Crippen LogP contribution in [-0.4, -0.2) is 25.3 Å². The first kappa shape index (κ1) is 15.9. The number of hydroxylamine groups is 1. The summed E-state index contributed by atoms with van der Waals surface area (Å²) in [5.41, 5.74) is 3.88. The Morgan fingerprint density at radius 2 is 1.73 bits per heavy atom. The average Bonchev–Trinajstić information content (AvgIpc) is 2.58. The van der Waals surface area contributed by atoms with E-state index in [1.807, 2.05) is 41.9 Å². The normalized spacial score (nSPS) is 10.6. The van der Waals surface area contributed by atoms with Crippen molar-refractivity contribution in [3.63, 3.8) is 0 Å². The van der Waals surface area contributed by atoms with Crippen molar-refractivity contribution in [2.45, 2.75) is 12.8 Å². The second-order valence-corrected chi connectivity index (χ2v) is 4.68. The van der Waals surface area contributed by atoms with Gasteiger partial charge in [0, 0.05) is 0 Å². The van der Waals surface area contributed by atoms with Crippen LogP contribution in [0.4, 0.5) is 5.69 Å². The van der Waals surface area contributed by atoms with Crippen LogP contribution in [0.15, 0.2) is 53.5 Å². The summed E-state index contributed by atoms with van der Waals surface area (Å²) in [6.07, 6.45) is 3.12. The predicted molar refractivity (Wildman–Crippen MR) is 86.3 cm³/mol. The topological polar surface area (TPSA) is 63.1 Å². The molecule has 0 bridgehead atoms. The van der Waals surface area contributed by atoms with E-state index in [-0.39, 0.29) is 0 Å². The summed E-state index contributed by atoms with van der Waals surface area (Å²) >= 11 is 0. The third kappa shape index (κ3) is 5.10. The van der Waals surface area contributed by atoms with Gasteiger partial charge in [0.05, 0.1) is 19.4 Å². The Morgan fingerprint density at radius 1 is 1.05 bits per heavy atom. The molecule has 0 aromatic heterocycles. The fraction of sp³-hybridized carbons (Fsp3) is 0.235. The molecular formula is C17H20N2O3. The van der Waals surface area contributed by atoms with E-state index < -0.39 is 0 Å². The summed E-state index contributed by atoms with van der Waals surface area (Å²) in [5, 5.41) is 8.42. The van der Waals surface area contributed by atoms with Crippen LogP contribution in [0.5, 0.6) is 11.5 Å². The van der Waals surface area contributed by atoms with Gasteiger partial charge in [-0.2, -0.15) is 0 Å². The second kappa shape index (κ2) is 8.69. The highest BCUT2D eigenvalue weighted by Crippen LogP contribution is 2.18. The van der Waals surface area contributed by atoms with Gasteiger partial charge in [-0.05, 0) is 54.8 Å². The molecule has 2 rings (SSSR count). The summed E-state index contributed by atoms with van der Waals surface area (Å²) in [5.74, 6) is 1.68. The fourth-order valence-corrected chi connectivity index (χ4v) is 1.99. The van der Waals surface area contributed by atoms with E-state index in [1.54, 1.807) is 7.11 Å². The van der Waals surface area contributed by atoms with Crippen molar-refractivity contribution in [3.8, 4) is 11.5 Å². The molecule has 0 atom stereocenters. The highest BCUT2D eigenvalue weighted by atomic mass is 16.5. The third-order valence-electron chi connectivity index (χ3n) is 3.15. The zero-order valence-electron chi connectivity index (χ0n) is 12.5. The Bertz CT molecular complexity index is 580. The zero-order valence-corrected chi connectivity index (χ0v) is 12.5. The summed E-state index contributed by atoms with van der Waals surface area (Å²) < 4.78 is 10.8. The molecule has 0 aliphatic carbocycles. The number of aryl methyl sites for hydroxylation is 1. The molecule has 2 N–H and O–H groups in total. The van der Waals surface area contributed by atoms with Crippen molar-refractivity contribution in [3.05, 3.63) is 54.1 Å². The molecule has 0 aliphatic heterocycles. The van der Waals surface area contributed by atoms with Crippen molar-refractivity contribution in [1.82, 2.24) is 5.48 Å². The molecular weight excluding hydrogens is 280 g/mol. The number of nitrogens with zero attached hydrogens (tertiary/aromatic N) is 1. The van der Waals surface area contributed by atoms with Crippen LogP contribution in [0, 0.1) is 0 Å². The molecule has 0 fully saturated rings. The Morgan fingerprint density at radius 3 is 2.36 bits per heavy atom. The number of hydrogen-bond acceptors (Lipinski definition) is 4. The van der Waals surface area contributed by atoms with E-state index in [2.05, 4.69) is 17.1 Å². The minimum absolute atomic E-state index is 0.660. The number of hydrogen-bond donors (Lipinski definition) is 2. The first-order chi connectivity index (χ1) is 10.8. The maximum absolute atomic E-state index is 8.42. The molecule has 0 heterocycles. The lowest BCUT2D eigenvalue weighted by atomic mass is 10.1. The molecule has 0 aliphatic rings. The molecule has 5 heteroatoms. The number of ether oxygens (including phenoxy) is 2. The molecule has 2 aromatic carbocycles. The van der Waals surface area contributed by atoms with Gasteiger partial charge in [-0.15, -0.1) is 0 Å². The smallest absolute Gasteiger partial charge is 0.119 e. The van der Waals surface area contributed by atoms with Crippen LogP contribution in [-0.2, 0) is 6.42 Å². The van der Waals surface area contributed by atoms with Gasteiger partial charge in [0.15, 0.2) is 0 Å². The Kier molecular flexibility index (Phi) is 6.26. The van der Waals surface area contributed by atoms with Crippen molar-refractivity contribution in [2.24, 2.45) is 4.99 Å². The Balaban J connectivity index is 1.72. The molecule has 116 valence electrons. The molecule has 22 heavy (non-hydrogen) atoms. The summed E-state index contributed by atoms with van der Waals surface area (Å²) in [6, 6.07) is 15.4. The predicted octanol–water partition coefficient (Wildman–Crippen LogP) is 3.35. The monoisotopic (exact) mass is 300 g/mol. The first-order valence-electron chi connectivity index (χ1n) is 7.10. The fourth-order valence-electron chi connectivity index (χ4n) is 1.99. The van der Waals surface area contributed by atoms with Gasteiger partial charge in [0.25, 0.3) is 0 Å². The van der Waals surface area contributed by atoms with E-state index in [4.69, 9.17) is 14.7 Å². The van der Waals surface area contributed by atoms with Crippen LogP contribution in [0.1, 0.15) is 12.0 Å². The largest absolute Gasteiger partial charge is 0.497 e. The molecule has 5 nitrogen and oxygen atoms in total. The highest BCUT2D eigenvalue weighted by Gasteiger charge is 1.97. The molecule has 0 amide bonds. The third-order valence-corrected chi connectivity index (χ3v) is 3.15. The van der Waals surface area contributed by atoms with Gasteiger partial charge in [0.1, 0.15) is 17.8 Å². The molecule has 0 spiro atoms. The molecule has 0 radical (unpaired) electrons. The summed E-state index contributed by atoms with van der Waals surface area (Å²) in [7, 11) is 1.67. The van der Waals surface area contributed by atoms with Crippen LogP contribution < -0.4 is 15.0 Å². The molecule has 0 unspecified atom stereocenters. The van der Waals surface area contributed by atoms with E-state index >= 15 is 0 Å². The van der Waals surface area contributed by atoms with Gasteiger partial charge in [-0.25, -0.2) is 4.99 Å². The summed E-state index contributed by atoms with van der Waals surface area (Å²) in [4.78, 5) is 3.96. The van der Waals surface area contributed by atoms with Crippen molar-refractivity contribution < 1.29 is 14.7 Å². The molecule has 2 aromatic rings. The second-order valence-electron chi connectivity index (χ2n) is 4.68. The van der Waals surface area contributed by atoms with Crippen molar-refractivity contribution >= 4 is 12.0 Å². The van der Waals surface area contributed by atoms with Gasteiger partial charge < -0.3 is 9.47 Å². The highest BCUT2D eigenvalue weighted by molar-refractivity contribution is 5.59. The van der Waals surface area contributed by atoms with Crippen LogP contribution in [0.2, 0.25) is 0 Å². The minimum Gasteiger partial charge on any atom is -0.497 e. The van der Waals surface area contributed by atoms with Crippen molar-refractivity contribution in [1.29, 1.82) is 0 Å². The van der Waals surface area contributed by atoms with Crippen LogP contribution in [0.3, 0.4) is 0 Å². The quantitative estimate of drug-likeness (QED) is 0.340. The number of rotatable bonds is 8. The number of aliphatic imine (C=N–C) groups is 1. The van der Waals surface area contributed by atoms with Crippen LogP contribution >= 0.6 is 0 Å². The number of benzene rings is 2. The minimum atomic E-state index is 0.660. The van der Waals surface area contributed by atoms with Crippen molar-refractivity contribution in [2.75, 3.05) is 13.7 Å². The number of methoxy groups -OCH3 is 1. The lowest BCUT2D eigenvalue weighted by Gasteiger charge is -2.07. The summed E-state index contributed by atoms with van der Waals surface area (Å²) in [6.45, 7) is 0.660. The Labute approximate surface area is 130 Å². The van der Waals surface area contributed by atoms with Crippen LogP contribution in [0.25, 0.3) is 0 Å². The zero-order chi connectivity index (χ0) is 15.6. The average molecular weight is 300 g/mol. The van der Waals surface area contributed by atoms with E-state index in [1.165, 1.54) is 11.9 Å². The van der Waals surface area contributed by atoms with Gasteiger partial charge in [-0.1, -0.05) is 12.1 Å². The Hall–Kier alpha value is -2.53.